The number of nitrogens with one attached hydrogen (secondary N) is 1. The molecule has 0 spiro atoms. The van der Waals surface area contributed by atoms with Crippen molar-refractivity contribution in [1.82, 2.24) is 0 Å². The molecule has 5 nitrogen and oxygen atoms in total. The van der Waals surface area contributed by atoms with E-state index in [1.54, 1.807) is 30.0 Å². The van der Waals surface area contributed by atoms with Gasteiger partial charge in [-0.05, 0) is 42.7 Å². The number of thioether (sulfide) groups is 1. The predicted molar refractivity (Wildman–Crippen MR) is 90.1 cm³/mol. The van der Waals surface area contributed by atoms with Gasteiger partial charge in [0.25, 0.3) is 5.91 Å². The highest BCUT2D eigenvalue weighted by molar-refractivity contribution is 7.98. The number of hydrogen-bond acceptors (Lipinski definition) is 5. The third-order valence-corrected chi connectivity index (χ3v) is 3.77. The van der Waals surface area contributed by atoms with Gasteiger partial charge in [-0.3, -0.25) is 4.79 Å². The van der Waals surface area contributed by atoms with E-state index in [9.17, 15) is 4.79 Å². The molecule has 0 unspecified atom stereocenters. The summed E-state index contributed by atoms with van der Waals surface area (Å²) >= 11 is 1.64. The number of nitriles is 1. The molecular formula is C17H16N2O3S. The number of amides is 1. The first kappa shape index (κ1) is 16.7. The molecule has 23 heavy (non-hydrogen) atoms. The Labute approximate surface area is 139 Å². The van der Waals surface area contributed by atoms with Gasteiger partial charge in [-0.2, -0.15) is 5.26 Å². The Morgan fingerprint density at radius 2 is 1.96 bits per heavy atom. The van der Waals surface area contributed by atoms with Gasteiger partial charge < -0.3 is 14.8 Å². The average Bonchev–Trinajstić information content (AvgIpc) is 2.60. The summed E-state index contributed by atoms with van der Waals surface area (Å²) in [5.74, 6) is 0.564. The highest BCUT2D eigenvalue weighted by Gasteiger charge is 2.09. The number of rotatable bonds is 6. The summed E-state index contributed by atoms with van der Waals surface area (Å²) in [5, 5.41) is 11.6. The van der Waals surface area contributed by atoms with Gasteiger partial charge in [-0.25, -0.2) is 0 Å². The second kappa shape index (κ2) is 8.11. The number of benzene rings is 2. The number of nitrogens with zero attached hydrogens (tertiary/aromatic N) is 1. The van der Waals surface area contributed by atoms with Crippen molar-refractivity contribution in [2.45, 2.75) is 4.90 Å². The zero-order valence-electron chi connectivity index (χ0n) is 12.8. The van der Waals surface area contributed by atoms with Crippen LogP contribution in [-0.4, -0.2) is 25.9 Å². The highest BCUT2D eigenvalue weighted by Crippen LogP contribution is 2.27. The normalized spacial score (nSPS) is 9.78. The Morgan fingerprint density at radius 3 is 2.57 bits per heavy atom. The first-order chi connectivity index (χ1) is 11.2. The van der Waals surface area contributed by atoms with Crippen molar-refractivity contribution in [2.75, 3.05) is 25.3 Å². The van der Waals surface area contributed by atoms with Crippen LogP contribution < -0.4 is 14.8 Å². The molecule has 0 bridgehead atoms. The zero-order valence-corrected chi connectivity index (χ0v) is 13.6. The molecule has 0 aliphatic heterocycles. The molecule has 1 amide bonds. The third-order valence-electron chi connectivity index (χ3n) is 3.03. The minimum Gasteiger partial charge on any atom is -0.493 e. The van der Waals surface area contributed by atoms with Crippen LogP contribution in [0, 0.1) is 11.3 Å². The standard InChI is InChI=1S/C17H16N2O3S/c1-21-16-9-12(10-18)3-8-15(16)22-11-17(20)19-13-4-6-14(23-2)7-5-13/h3-9H,11H2,1-2H3,(H,19,20). The quantitative estimate of drug-likeness (QED) is 0.824. The fourth-order valence-electron chi connectivity index (χ4n) is 1.87. The lowest BCUT2D eigenvalue weighted by atomic mass is 10.2. The molecular weight excluding hydrogens is 312 g/mol. The van der Waals surface area contributed by atoms with Crippen LogP contribution in [0.15, 0.2) is 47.4 Å². The number of hydrogen-bond donors (Lipinski definition) is 1. The van der Waals surface area contributed by atoms with E-state index in [1.165, 1.54) is 7.11 Å². The van der Waals surface area contributed by atoms with E-state index in [4.69, 9.17) is 14.7 Å². The number of methoxy groups -OCH3 is 1. The summed E-state index contributed by atoms with van der Waals surface area (Å²) in [6, 6.07) is 14.3. The molecule has 0 heterocycles. The van der Waals surface area contributed by atoms with Crippen molar-refractivity contribution in [1.29, 1.82) is 5.26 Å². The molecule has 6 heteroatoms. The van der Waals surface area contributed by atoms with E-state index < -0.39 is 0 Å². The average molecular weight is 328 g/mol. The van der Waals surface area contributed by atoms with Gasteiger partial charge in [-0.1, -0.05) is 0 Å². The Kier molecular flexibility index (Phi) is 5.89. The third kappa shape index (κ3) is 4.66. The minimum absolute atomic E-state index is 0.146. The second-order valence-electron chi connectivity index (χ2n) is 4.54. The van der Waals surface area contributed by atoms with Crippen LogP contribution >= 0.6 is 11.8 Å². The van der Waals surface area contributed by atoms with Gasteiger partial charge in [0.05, 0.1) is 18.7 Å². The van der Waals surface area contributed by atoms with E-state index in [1.807, 2.05) is 36.6 Å². The van der Waals surface area contributed by atoms with Crippen molar-refractivity contribution in [2.24, 2.45) is 0 Å². The van der Waals surface area contributed by atoms with Crippen molar-refractivity contribution in [3.8, 4) is 17.6 Å². The molecule has 2 aromatic carbocycles. The molecule has 1 N–H and O–H groups in total. The lowest BCUT2D eigenvalue weighted by Crippen LogP contribution is -2.20. The topological polar surface area (TPSA) is 71.3 Å². The Morgan fingerprint density at radius 1 is 1.22 bits per heavy atom. The van der Waals surface area contributed by atoms with Gasteiger partial charge in [0.15, 0.2) is 18.1 Å². The molecule has 2 aromatic rings. The molecule has 0 radical (unpaired) electrons. The fraction of sp³-hybridized carbons (Fsp3) is 0.176. The summed E-state index contributed by atoms with van der Waals surface area (Å²) in [5.41, 5.74) is 1.18. The van der Waals surface area contributed by atoms with Gasteiger partial charge in [0.1, 0.15) is 0 Å². The molecule has 0 fully saturated rings. The lowest BCUT2D eigenvalue weighted by Gasteiger charge is -2.11. The fourth-order valence-corrected chi connectivity index (χ4v) is 2.28. The van der Waals surface area contributed by atoms with Crippen molar-refractivity contribution in [3.05, 3.63) is 48.0 Å². The monoisotopic (exact) mass is 328 g/mol. The predicted octanol–water partition coefficient (Wildman–Crippen LogP) is 3.31. The van der Waals surface area contributed by atoms with E-state index in [0.717, 1.165) is 4.90 Å². The first-order valence-electron chi connectivity index (χ1n) is 6.81. The van der Waals surface area contributed by atoms with E-state index in [-0.39, 0.29) is 12.5 Å². The zero-order chi connectivity index (χ0) is 16.7. The summed E-state index contributed by atoms with van der Waals surface area (Å²) < 4.78 is 10.6. The maximum atomic E-state index is 11.9. The van der Waals surface area contributed by atoms with Crippen LogP contribution in [0.1, 0.15) is 5.56 Å². The number of carbonyl (C=O) groups is 1. The van der Waals surface area contributed by atoms with Crippen LogP contribution in [0.25, 0.3) is 0 Å². The molecule has 118 valence electrons. The van der Waals surface area contributed by atoms with Crippen molar-refractivity contribution in [3.63, 3.8) is 0 Å². The Bertz CT molecular complexity index is 724. The number of ether oxygens (including phenoxy) is 2. The van der Waals surface area contributed by atoms with Crippen LogP contribution in [0.2, 0.25) is 0 Å². The van der Waals surface area contributed by atoms with Gasteiger partial charge in [0, 0.05) is 16.6 Å². The molecule has 0 aromatic heterocycles. The Hall–Kier alpha value is -2.65. The summed E-state index contributed by atoms with van der Waals surface area (Å²) in [6.07, 6.45) is 1.99. The maximum absolute atomic E-state index is 11.9. The number of carbonyl (C=O) groups excluding carboxylic acids is 1. The maximum Gasteiger partial charge on any atom is 0.262 e. The second-order valence-corrected chi connectivity index (χ2v) is 5.42. The van der Waals surface area contributed by atoms with Crippen molar-refractivity contribution < 1.29 is 14.3 Å². The summed E-state index contributed by atoms with van der Waals surface area (Å²) in [4.78, 5) is 13.1. The molecule has 0 atom stereocenters. The number of anilines is 1. The van der Waals surface area contributed by atoms with E-state index in [2.05, 4.69) is 5.32 Å². The van der Waals surface area contributed by atoms with Crippen molar-refractivity contribution >= 4 is 23.4 Å². The molecule has 2 rings (SSSR count). The van der Waals surface area contributed by atoms with Gasteiger partial charge in [0.2, 0.25) is 0 Å². The minimum atomic E-state index is -0.270. The first-order valence-corrected chi connectivity index (χ1v) is 8.03. The van der Waals surface area contributed by atoms with Crippen LogP contribution in [-0.2, 0) is 4.79 Å². The van der Waals surface area contributed by atoms with Crippen LogP contribution in [0.5, 0.6) is 11.5 Å². The van der Waals surface area contributed by atoms with Crippen LogP contribution in [0.3, 0.4) is 0 Å². The molecule has 0 aliphatic rings. The smallest absolute Gasteiger partial charge is 0.262 e. The molecule has 0 saturated carbocycles. The van der Waals surface area contributed by atoms with E-state index in [0.29, 0.717) is 22.7 Å². The molecule has 0 aliphatic carbocycles. The van der Waals surface area contributed by atoms with Gasteiger partial charge >= 0.3 is 0 Å². The Balaban J connectivity index is 1.95. The van der Waals surface area contributed by atoms with Gasteiger partial charge in [-0.15, -0.1) is 11.8 Å². The SMILES string of the molecule is COc1cc(C#N)ccc1OCC(=O)Nc1ccc(SC)cc1. The highest BCUT2D eigenvalue weighted by atomic mass is 32.2. The lowest BCUT2D eigenvalue weighted by molar-refractivity contribution is -0.118. The van der Waals surface area contributed by atoms with E-state index >= 15 is 0 Å². The molecule has 0 saturated heterocycles. The largest absolute Gasteiger partial charge is 0.493 e. The summed E-state index contributed by atoms with van der Waals surface area (Å²) in [7, 11) is 1.48. The van der Waals surface area contributed by atoms with Crippen LogP contribution in [0.4, 0.5) is 5.69 Å². The summed E-state index contributed by atoms with van der Waals surface area (Å²) in [6.45, 7) is -0.146.